The molecule has 0 amide bonds. The van der Waals surface area contributed by atoms with E-state index in [1.807, 2.05) is 36.1 Å². The summed E-state index contributed by atoms with van der Waals surface area (Å²) in [6, 6.07) is 13.8. The van der Waals surface area contributed by atoms with E-state index in [0.29, 0.717) is 5.56 Å². The van der Waals surface area contributed by atoms with Gasteiger partial charge in [0, 0.05) is 35.7 Å². The smallest absolute Gasteiger partial charge is 0.270 e. The van der Waals surface area contributed by atoms with Crippen LogP contribution in [-0.4, -0.2) is 34.7 Å². The quantitative estimate of drug-likeness (QED) is 0.451. The number of amidine groups is 1. The van der Waals surface area contributed by atoms with Crippen LogP contribution in [0.3, 0.4) is 0 Å². The minimum Gasteiger partial charge on any atom is -0.313 e. The molecule has 0 bridgehead atoms. The molecule has 1 aliphatic heterocycles. The SMILES string of the molecule is Cc1cccc(N(CC(=O)c2cccc([N+](=O)[O-])c2)C2=NCCCS2)c1. The molecule has 1 aliphatic rings. The topological polar surface area (TPSA) is 75.8 Å². The Morgan fingerprint density at radius 3 is 2.77 bits per heavy atom. The Balaban J connectivity index is 1.90. The summed E-state index contributed by atoms with van der Waals surface area (Å²) in [5.74, 6) is 0.788. The van der Waals surface area contributed by atoms with Crippen molar-refractivity contribution >= 4 is 34.1 Å². The van der Waals surface area contributed by atoms with Gasteiger partial charge in [-0.1, -0.05) is 36.0 Å². The van der Waals surface area contributed by atoms with Gasteiger partial charge >= 0.3 is 0 Å². The second-order valence-corrected chi connectivity index (χ2v) is 7.08. The molecular formula is C19H19N3O3S. The van der Waals surface area contributed by atoms with E-state index in [1.54, 1.807) is 17.8 Å². The molecule has 134 valence electrons. The first-order valence-electron chi connectivity index (χ1n) is 8.34. The first kappa shape index (κ1) is 18.1. The largest absolute Gasteiger partial charge is 0.313 e. The van der Waals surface area contributed by atoms with Crippen LogP contribution in [0.15, 0.2) is 53.5 Å². The molecule has 0 unspecified atom stereocenters. The van der Waals surface area contributed by atoms with Crippen molar-refractivity contribution in [3.8, 4) is 0 Å². The Bertz CT molecular complexity index is 867. The fourth-order valence-electron chi connectivity index (χ4n) is 2.70. The highest BCUT2D eigenvalue weighted by molar-refractivity contribution is 8.14. The number of aliphatic imine (C=N–C) groups is 1. The number of carbonyl (C=O) groups is 1. The molecule has 0 N–H and O–H groups in total. The van der Waals surface area contributed by atoms with Crippen molar-refractivity contribution in [2.24, 2.45) is 4.99 Å². The van der Waals surface area contributed by atoms with Crippen LogP contribution >= 0.6 is 11.8 Å². The Kier molecular flexibility index (Phi) is 5.68. The number of nitro groups is 1. The monoisotopic (exact) mass is 369 g/mol. The lowest BCUT2D eigenvalue weighted by atomic mass is 10.1. The van der Waals surface area contributed by atoms with E-state index in [1.165, 1.54) is 18.2 Å². The minimum atomic E-state index is -0.490. The number of anilines is 1. The number of Topliss-reactive ketones (excluding diaryl/α,β-unsaturated/α-hetero) is 1. The maximum Gasteiger partial charge on any atom is 0.270 e. The van der Waals surface area contributed by atoms with E-state index in [4.69, 9.17) is 0 Å². The Morgan fingerprint density at radius 1 is 1.27 bits per heavy atom. The van der Waals surface area contributed by atoms with E-state index in [2.05, 4.69) is 4.99 Å². The number of hydrogen-bond donors (Lipinski definition) is 0. The second-order valence-electron chi connectivity index (χ2n) is 6.02. The van der Waals surface area contributed by atoms with Gasteiger partial charge in [-0.25, -0.2) is 0 Å². The average molecular weight is 369 g/mol. The van der Waals surface area contributed by atoms with Crippen LogP contribution in [0.25, 0.3) is 0 Å². The van der Waals surface area contributed by atoms with Gasteiger partial charge in [0.2, 0.25) is 0 Å². The predicted octanol–water partition coefficient (Wildman–Crippen LogP) is 4.09. The second kappa shape index (κ2) is 8.14. The molecule has 0 fully saturated rings. The number of nitrogens with zero attached hydrogens (tertiary/aromatic N) is 3. The van der Waals surface area contributed by atoms with E-state index >= 15 is 0 Å². The number of hydrogen-bond acceptors (Lipinski definition) is 6. The van der Waals surface area contributed by atoms with Gasteiger partial charge in [0.05, 0.1) is 11.5 Å². The van der Waals surface area contributed by atoms with Crippen LogP contribution in [0, 0.1) is 17.0 Å². The summed E-state index contributed by atoms with van der Waals surface area (Å²) in [4.78, 5) is 29.8. The highest BCUT2D eigenvalue weighted by Crippen LogP contribution is 2.24. The number of benzene rings is 2. The third kappa shape index (κ3) is 4.29. The van der Waals surface area contributed by atoms with Crippen molar-refractivity contribution in [1.82, 2.24) is 0 Å². The van der Waals surface area contributed by atoms with Crippen LogP contribution in [0.2, 0.25) is 0 Å². The van der Waals surface area contributed by atoms with Crippen LogP contribution < -0.4 is 4.90 Å². The summed E-state index contributed by atoms with van der Waals surface area (Å²) in [7, 11) is 0. The molecule has 0 atom stereocenters. The van der Waals surface area contributed by atoms with Gasteiger partial charge in [-0.2, -0.15) is 0 Å². The highest BCUT2D eigenvalue weighted by atomic mass is 32.2. The molecule has 0 radical (unpaired) electrons. The molecule has 1 heterocycles. The van der Waals surface area contributed by atoms with Gasteiger partial charge in [-0.3, -0.25) is 19.9 Å². The first-order chi connectivity index (χ1) is 12.5. The van der Waals surface area contributed by atoms with Crippen LogP contribution in [0.5, 0.6) is 0 Å². The molecule has 26 heavy (non-hydrogen) atoms. The van der Waals surface area contributed by atoms with Gasteiger partial charge in [0.25, 0.3) is 5.69 Å². The normalized spacial score (nSPS) is 13.8. The van der Waals surface area contributed by atoms with E-state index in [0.717, 1.165) is 35.1 Å². The van der Waals surface area contributed by atoms with Crippen molar-refractivity contribution in [2.75, 3.05) is 23.7 Å². The lowest BCUT2D eigenvalue weighted by molar-refractivity contribution is -0.384. The fraction of sp³-hybridized carbons (Fsp3) is 0.263. The molecule has 0 spiro atoms. The molecule has 2 aromatic rings. The molecule has 6 nitrogen and oxygen atoms in total. The zero-order chi connectivity index (χ0) is 18.5. The summed E-state index contributed by atoms with van der Waals surface area (Å²) in [6.07, 6.45) is 1.02. The van der Waals surface area contributed by atoms with Crippen molar-refractivity contribution in [3.05, 3.63) is 69.8 Å². The molecule has 0 saturated carbocycles. The van der Waals surface area contributed by atoms with E-state index in [-0.39, 0.29) is 18.0 Å². The fourth-order valence-corrected chi connectivity index (χ4v) is 3.67. The van der Waals surface area contributed by atoms with Gasteiger partial charge in [0.15, 0.2) is 11.0 Å². The van der Waals surface area contributed by atoms with Crippen molar-refractivity contribution in [3.63, 3.8) is 0 Å². The van der Waals surface area contributed by atoms with Gasteiger partial charge in [0.1, 0.15) is 0 Å². The molecular weight excluding hydrogens is 350 g/mol. The first-order valence-corrected chi connectivity index (χ1v) is 9.32. The summed E-state index contributed by atoms with van der Waals surface area (Å²) in [5, 5.41) is 11.8. The Morgan fingerprint density at radius 2 is 2.08 bits per heavy atom. The van der Waals surface area contributed by atoms with Crippen molar-refractivity contribution < 1.29 is 9.72 Å². The van der Waals surface area contributed by atoms with E-state index in [9.17, 15) is 14.9 Å². The van der Waals surface area contributed by atoms with Gasteiger partial charge in [-0.05, 0) is 31.0 Å². The minimum absolute atomic E-state index is 0.0812. The van der Waals surface area contributed by atoms with Gasteiger partial charge < -0.3 is 4.90 Å². The molecule has 3 rings (SSSR count). The zero-order valence-corrected chi connectivity index (χ0v) is 15.2. The lowest BCUT2D eigenvalue weighted by Crippen LogP contribution is -2.35. The maximum absolute atomic E-state index is 12.8. The summed E-state index contributed by atoms with van der Waals surface area (Å²) in [5.41, 5.74) is 2.24. The summed E-state index contributed by atoms with van der Waals surface area (Å²) >= 11 is 1.63. The third-order valence-corrected chi connectivity index (χ3v) is 5.11. The maximum atomic E-state index is 12.8. The number of ketones is 1. The summed E-state index contributed by atoms with van der Waals surface area (Å²) in [6.45, 7) is 2.84. The van der Waals surface area contributed by atoms with Gasteiger partial charge in [-0.15, -0.1) is 0 Å². The molecule has 0 aromatic heterocycles. The Hall–Kier alpha value is -2.67. The number of nitro benzene ring substituents is 1. The van der Waals surface area contributed by atoms with Crippen LogP contribution in [-0.2, 0) is 0 Å². The predicted molar refractivity (Wildman–Crippen MR) is 105 cm³/mol. The molecule has 7 heteroatoms. The number of aryl methyl sites for hydroxylation is 1. The summed E-state index contributed by atoms with van der Waals surface area (Å²) < 4.78 is 0. The number of thioether (sulfide) groups is 1. The zero-order valence-electron chi connectivity index (χ0n) is 14.4. The average Bonchev–Trinajstić information content (AvgIpc) is 2.66. The Labute approximate surface area is 156 Å². The van der Waals surface area contributed by atoms with Crippen LogP contribution in [0.4, 0.5) is 11.4 Å². The molecule has 0 aliphatic carbocycles. The lowest BCUT2D eigenvalue weighted by Gasteiger charge is -2.27. The molecule has 2 aromatic carbocycles. The van der Waals surface area contributed by atoms with E-state index < -0.39 is 4.92 Å². The number of non-ortho nitro benzene ring substituents is 1. The van der Waals surface area contributed by atoms with Crippen molar-refractivity contribution in [2.45, 2.75) is 13.3 Å². The standard InChI is InChI=1S/C19H19N3O3S/c1-14-5-2-7-16(11-14)21(19-20-9-4-10-26-19)13-18(23)15-6-3-8-17(12-15)22(24)25/h2-3,5-8,11-12H,4,9-10,13H2,1H3. The number of carbonyl (C=O) groups excluding carboxylic acids is 1. The van der Waals surface area contributed by atoms with Crippen LogP contribution in [0.1, 0.15) is 22.3 Å². The van der Waals surface area contributed by atoms with Crippen molar-refractivity contribution in [1.29, 1.82) is 0 Å². The number of rotatable bonds is 5. The third-order valence-electron chi connectivity index (χ3n) is 4.01. The highest BCUT2D eigenvalue weighted by Gasteiger charge is 2.21. The molecule has 0 saturated heterocycles.